The molecule has 0 saturated carbocycles. The molecule has 0 unspecified atom stereocenters. The molecule has 2 aliphatic rings. The molecule has 140 valence electrons. The number of piperazine rings is 1. The molecule has 0 aromatic carbocycles. The van der Waals surface area contributed by atoms with Gasteiger partial charge in [0.2, 0.25) is 15.8 Å². The summed E-state index contributed by atoms with van der Waals surface area (Å²) >= 11 is 0. The minimum absolute atomic E-state index is 0.0551. The van der Waals surface area contributed by atoms with Crippen molar-refractivity contribution in [3.05, 3.63) is 17.6 Å². The Morgan fingerprint density at radius 1 is 1.36 bits per heavy atom. The highest BCUT2D eigenvalue weighted by Gasteiger charge is 2.42. The number of nitrogens with zero attached hydrogens (tertiary/aromatic N) is 2. The minimum atomic E-state index is -3.72. The van der Waals surface area contributed by atoms with E-state index >= 15 is 0 Å². The number of sulfonamides is 1. The summed E-state index contributed by atoms with van der Waals surface area (Å²) in [5.74, 6) is -0.418. The van der Waals surface area contributed by atoms with Crippen molar-refractivity contribution < 1.29 is 22.4 Å². The van der Waals surface area contributed by atoms with Crippen molar-refractivity contribution in [2.24, 2.45) is 0 Å². The van der Waals surface area contributed by atoms with Crippen molar-refractivity contribution in [3.63, 3.8) is 0 Å². The van der Waals surface area contributed by atoms with E-state index in [9.17, 15) is 13.2 Å². The van der Waals surface area contributed by atoms with E-state index in [1.165, 1.54) is 13.2 Å². The van der Waals surface area contributed by atoms with Crippen LogP contribution in [0, 0.1) is 0 Å². The third kappa shape index (κ3) is 3.22. The zero-order valence-corrected chi connectivity index (χ0v) is 15.8. The molecule has 0 spiro atoms. The average Bonchev–Trinajstić information content (AvgIpc) is 3.25. The predicted molar refractivity (Wildman–Crippen MR) is 92.0 cm³/mol. The van der Waals surface area contributed by atoms with Crippen molar-refractivity contribution in [1.82, 2.24) is 9.21 Å². The Morgan fingerprint density at radius 3 is 2.76 bits per heavy atom. The summed E-state index contributed by atoms with van der Waals surface area (Å²) in [5.41, 5.74) is 0. The van der Waals surface area contributed by atoms with Crippen molar-refractivity contribution in [3.8, 4) is 0 Å². The van der Waals surface area contributed by atoms with E-state index in [1.807, 2.05) is 13.8 Å². The number of ether oxygens (including phenoxy) is 1. The maximum atomic E-state index is 13.3. The third-order valence-electron chi connectivity index (χ3n) is 5.28. The van der Waals surface area contributed by atoms with E-state index in [4.69, 9.17) is 4.42 Å². The lowest BCUT2D eigenvalue weighted by Gasteiger charge is -2.42. The molecule has 2 atom stereocenters. The van der Waals surface area contributed by atoms with Crippen LogP contribution < -0.4 is 0 Å². The second kappa shape index (κ2) is 7.09. The zero-order chi connectivity index (χ0) is 18.2. The van der Waals surface area contributed by atoms with Gasteiger partial charge in [0.05, 0.1) is 7.11 Å². The van der Waals surface area contributed by atoms with Gasteiger partial charge in [0.25, 0.3) is 0 Å². The van der Waals surface area contributed by atoms with Crippen LogP contribution in [-0.2, 0) is 21.2 Å². The van der Waals surface area contributed by atoms with Crippen molar-refractivity contribution in [1.29, 1.82) is 0 Å². The van der Waals surface area contributed by atoms with Gasteiger partial charge in [-0.3, -0.25) is 4.90 Å². The number of fused-ring (bicyclic) bond motifs is 1. The van der Waals surface area contributed by atoms with Crippen LogP contribution in [0.5, 0.6) is 0 Å². The van der Waals surface area contributed by atoms with Crippen molar-refractivity contribution in [2.75, 3.05) is 26.7 Å². The number of aryl methyl sites for hydroxylation is 1. The predicted octanol–water partition coefficient (Wildman–Crippen LogP) is 1.88. The molecule has 8 heteroatoms. The lowest BCUT2D eigenvalue weighted by atomic mass is 10.1. The second-order valence-corrected chi connectivity index (χ2v) is 8.53. The molecule has 1 aromatic rings. The Morgan fingerprint density at radius 2 is 2.12 bits per heavy atom. The highest BCUT2D eigenvalue weighted by atomic mass is 32.2. The molecule has 25 heavy (non-hydrogen) atoms. The van der Waals surface area contributed by atoms with Crippen LogP contribution in [0.25, 0.3) is 0 Å². The first kappa shape index (κ1) is 18.4. The number of carbonyl (C=O) groups is 1. The first-order chi connectivity index (χ1) is 11.9. The van der Waals surface area contributed by atoms with Gasteiger partial charge in [-0.1, -0.05) is 13.8 Å². The summed E-state index contributed by atoms with van der Waals surface area (Å²) in [5, 5.41) is 0. The standard InChI is InChI=1S/C17H26N2O5S/c1-4-12-10-18-8-6-7-13(18)11-19(12)25(21,22)16-9-15(17(20)23-3)24-14(16)5-2/h9,12-13H,4-8,10-11H2,1-3H3/t12-,13-/m0/s1. The molecule has 3 heterocycles. The molecule has 3 rings (SSSR count). The average molecular weight is 370 g/mol. The summed E-state index contributed by atoms with van der Waals surface area (Å²) in [6.07, 6.45) is 3.30. The fourth-order valence-electron chi connectivity index (χ4n) is 3.89. The summed E-state index contributed by atoms with van der Waals surface area (Å²) in [6.45, 7) is 6.14. The van der Waals surface area contributed by atoms with Gasteiger partial charge in [-0.25, -0.2) is 13.2 Å². The molecular weight excluding hydrogens is 344 g/mol. The smallest absolute Gasteiger partial charge is 0.373 e. The Kier molecular flexibility index (Phi) is 5.22. The molecule has 0 aliphatic carbocycles. The Labute approximate surface area is 149 Å². The van der Waals surface area contributed by atoms with Crippen LogP contribution in [-0.4, -0.2) is 62.4 Å². The number of esters is 1. The molecule has 1 aromatic heterocycles. The van der Waals surface area contributed by atoms with Crippen molar-refractivity contribution >= 4 is 16.0 Å². The van der Waals surface area contributed by atoms with Gasteiger partial charge in [-0.2, -0.15) is 4.31 Å². The van der Waals surface area contributed by atoms with E-state index < -0.39 is 16.0 Å². The van der Waals surface area contributed by atoms with Gasteiger partial charge in [0, 0.05) is 37.7 Å². The van der Waals surface area contributed by atoms with Gasteiger partial charge >= 0.3 is 5.97 Å². The molecular formula is C17H26N2O5S. The fraction of sp³-hybridized carbons (Fsp3) is 0.706. The summed E-state index contributed by atoms with van der Waals surface area (Å²) in [7, 11) is -2.47. The summed E-state index contributed by atoms with van der Waals surface area (Å²) in [6, 6.07) is 1.54. The van der Waals surface area contributed by atoms with E-state index in [-0.39, 0.29) is 22.7 Å². The van der Waals surface area contributed by atoms with Crippen LogP contribution in [0.3, 0.4) is 0 Å². The van der Waals surface area contributed by atoms with E-state index in [2.05, 4.69) is 9.64 Å². The van der Waals surface area contributed by atoms with Crippen LogP contribution in [0.15, 0.2) is 15.4 Å². The number of hydrogen-bond acceptors (Lipinski definition) is 6. The summed E-state index contributed by atoms with van der Waals surface area (Å²) < 4.78 is 38.4. The van der Waals surface area contributed by atoms with Gasteiger partial charge in [0.1, 0.15) is 10.7 Å². The van der Waals surface area contributed by atoms with E-state index in [1.54, 1.807) is 4.31 Å². The number of hydrogen-bond donors (Lipinski definition) is 0. The first-order valence-corrected chi connectivity index (χ1v) is 10.3. The van der Waals surface area contributed by atoms with Crippen LogP contribution in [0.2, 0.25) is 0 Å². The monoisotopic (exact) mass is 370 g/mol. The second-order valence-electron chi connectivity index (χ2n) is 6.67. The van der Waals surface area contributed by atoms with Crippen molar-refractivity contribution in [2.45, 2.75) is 56.5 Å². The zero-order valence-electron chi connectivity index (χ0n) is 15.0. The van der Waals surface area contributed by atoms with Gasteiger partial charge in [-0.05, 0) is 25.8 Å². The number of methoxy groups -OCH3 is 1. The minimum Gasteiger partial charge on any atom is -0.463 e. The lowest BCUT2D eigenvalue weighted by molar-refractivity contribution is 0.0563. The molecule has 0 N–H and O–H groups in total. The Bertz CT molecular complexity index is 742. The van der Waals surface area contributed by atoms with E-state index in [0.29, 0.717) is 18.7 Å². The maximum Gasteiger partial charge on any atom is 0.373 e. The SMILES string of the molecule is CCc1oc(C(=O)OC)cc1S(=O)(=O)N1C[C@@H]2CCCN2C[C@@H]1CC. The van der Waals surface area contributed by atoms with Gasteiger partial charge in [0.15, 0.2) is 0 Å². The normalized spacial score (nSPS) is 25.1. The van der Waals surface area contributed by atoms with Crippen LogP contribution >= 0.6 is 0 Å². The molecule has 0 radical (unpaired) electrons. The Balaban J connectivity index is 1.97. The molecule has 2 aliphatic heterocycles. The first-order valence-electron chi connectivity index (χ1n) is 8.89. The number of carbonyl (C=O) groups excluding carboxylic acids is 1. The Hall–Kier alpha value is -1.38. The van der Waals surface area contributed by atoms with Crippen LogP contribution in [0.1, 0.15) is 49.4 Å². The highest BCUT2D eigenvalue weighted by molar-refractivity contribution is 7.89. The highest BCUT2D eigenvalue weighted by Crippen LogP contribution is 2.32. The number of furan rings is 1. The molecule has 0 amide bonds. The lowest BCUT2D eigenvalue weighted by Crippen LogP contribution is -2.57. The quantitative estimate of drug-likeness (QED) is 0.736. The van der Waals surface area contributed by atoms with Gasteiger partial charge in [-0.15, -0.1) is 0 Å². The molecule has 2 saturated heterocycles. The van der Waals surface area contributed by atoms with E-state index in [0.717, 1.165) is 32.4 Å². The molecule has 0 bridgehead atoms. The van der Waals surface area contributed by atoms with Gasteiger partial charge < -0.3 is 9.15 Å². The molecule has 2 fully saturated rings. The summed E-state index contributed by atoms with van der Waals surface area (Å²) in [4.78, 5) is 14.2. The number of rotatable bonds is 5. The largest absolute Gasteiger partial charge is 0.463 e. The van der Waals surface area contributed by atoms with Crippen LogP contribution in [0.4, 0.5) is 0 Å². The maximum absolute atomic E-state index is 13.3. The molecule has 7 nitrogen and oxygen atoms in total. The fourth-order valence-corrected chi connectivity index (χ4v) is 5.85. The topological polar surface area (TPSA) is 80.1 Å². The third-order valence-corrected chi connectivity index (χ3v) is 7.24.